The zero-order chi connectivity index (χ0) is 17.0. The van der Waals surface area contributed by atoms with Crippen molar-refractivity contribution in [3.05, 3.63) is 46.5 Å². The Morgan fingerprint density at radius 2 is 1.96 bits per heavy atom. The number of aromatic amines is 2. The van der Waals surface area contributed by atoms with Gasteiger partial charge in [-0.3, -0.25) is 4.79 Å². The van der Waals surface area contributed by atoms with E-state index in [1.54, 1.807) is 25.3 Å². The van der Waals surface area contributed by atoms with E-state index in [0.29, 0.717) is 28.9 Å². The van der Waals surface area contributed by atoms with E-state index < -0.39 is 11.9 Å². The number of hydrogen-bond donors (Lipinski definition) is 2. The third kappa shape index (κ3) is 3.33. The monoisotopic (exact) mass is 318 g/mol. The highest BCUT2D eigenvalue weighted by Crippen LogP contribution is 2.21. The lowest BCUT2D eigenvalue weighted by molar-refractivity contribution is 0.0467. The number of aryl methyl sites for hydroxylation is 1. The first-order valence-corrected chi connectivity index (χ1v) is 7.13. The van der Waals surface area contributed by atoms with Crippen molar-refractivity contribution < 1.29 is 23.9 Å². The zero-order valence-corrected chi connectivity index (χ0v) is 13.2. The molecule has 7 nitrogen and oxygen atoms in total. The molecule has 2 heterocycles. The molecule has 23 heavy (non-hydrogen) atoms. The van der Waals surface area contributed by atoms with Crippen LogP contribution in [0.2, 0.25) is 0 Å². The number of rotatable bonds is 6. The van der Waals surface area contributed by atoms with Crippen LogP contribution in [0, 0.1) is 6.92 Å². The van der Waals surface area contributed by atoms with Gasteiger partial charge in [-0.15, -0.1) is 0 Å². The highest BCUT2D eigenvalue weighted by atomic mass is 16.5. The van der Waals surface area contributed by atoms with Crippen molar-refractivity contribution in [1.29, 1.82) is 0 Å². The van der Waals surface area contributed by atoms with Crippen LogP contribution < -0.4 is 0 Å². The summed E-state index contributed by atoms with van der Waals surface area (Å²) in [6.45, 7) is 3.10. The number of carbonyl (C=O) groups excluding carboxylic acids is 3. The van der Waals surface area contributed by atoms with Crippen LogP contribution in [0.3, 0.4) is 0 Å². The van der Waals surface area contributed by atoms with E-state index in [2.05, 4.69) is 9.97 Å². The molecule has 0 spiro atoms. The molecule has 0 radical (unpaired) electrons. The Bertz CT molecular complexity index is 728. The van der Waals surface area contributed by atoms with Crippen LogP contribution in [0.25, 0.3) is 0 Å². The molecular weight excluding hydrogens is 300 g/mol. The van der Waals surface area contributed by atoms with E-state index in [9.17, 15) is 14.4 Å². The molecule has 0 aromatic carbocycles. The Balaban J connectivity index is 2.15. The van der Waals surface area contributed by atoms with Gasteiger partial charge in [0.15, 0.2) is 6.61 Å². The molecule has 0 aliphatic heterocycles. The number of carbonyl (C=O) groups is 3. The normalized spacial score (nSPS) is 10.4. The maximum absolute atomic E-state index is 12.2. The number of esters is 2. The predicted molar refractivity (Wildman–Crippen MR) is 81.7 cm³/mol. The summed E-state index contributed by atoms with van der Waals surface area (Å²) in [5, 5.41) is 0. The number of ether oxygens (including phenoxy) is 2. The van der Waals surface area contributed by atoms with Crippen molar-refractivity contribution in [2.75, 3.05) is 13.7 Å². The first-order valence-electron chi connectivity index (χ1n) is 7.13. The Morgan fingerprint density at radius 1 is 1.22 bits per heavy atom. The first-order chi connectivity index (χ1) is 11.0. The molecule has 0 aliphatic rings. The molecule has 0 unspecified atom stereocenters. The summed E-state index contributed by atoms with van der Waals surface area (Å²) < 4.78 is 9.76. The van der Waals surface area contributed by atoms with Gasteiger partial charge in [0.25, 0.3) is 0 Å². The van der Waals surface area contributed by atoms with Crippen LogP contribution in [0.15, 0.2) is 18.3 Å². The standard InChI is InChI=1S/C16H18N2O5/c1-4-10-13(15(20)22-3)9(2)14(18-10)16(21)23-8-12(19)11-6-5-7-17-11/h5-7,17-18H,4,8H2,1-3H3. The fraction of sp³-hybridized carbons (Fsp3) is 0.312. The second kappa shape index (κ2) is 6.95. The summed E-state index contributed by atoms with van der Waals surface area (Å²) in [6.07, 6.45) is 2.14. The summed E-state index contributed by atoms with van der Waals surface area (Å²) in [7, 11) is 1.28. The molecule has 2 N–H and O–H groups in total. The van der Waals surface area contributed by atoms with Crippen molar-refractivity contribution in [1.82, 2.24) is 9.97 Å². The number of hydrogen-bond acceptors (Lipinski definition) is 5. The molecule has 0 bridgehead atoms. The van der Waals surface area contributed by atoms with Gasteiger partial charge in [-0.1, -0.05) is 6.92 Å². The van der Waals surface area contributed by atoms with E-state index in [1.165, 1.54) is 7.11 Å². The summed E-state index contributed by atoms with van der Waals surface area (Å²) in [5.41, 5.74) is 1.90. The minimum Gasteiger partial charge on any atom is -0.465 e. The third-order valence-electron chi connectivity index (χ3n) is 3.51. The van der Waals surface area contributed by atoms with Gasteiger partial charge in [-0.25, -0.2) is 9.59 Å². The van der Waals surface area contributed by atoms with Gasteiger partial charge in [0.2, 0.25) is 5.78 Å². The van der Waals surface area contributed by atoms with Crippen LogP contribution in [-0.2, 0) is 15.9 Å². The van der Waals surface area contributed by atoms with E-state index >= 15 is 0 Å². The average molecular weight is 318 g/mol. The van der Waals surface area contributed by atoms with Crippen molar-refractivity contribution in [2.24, 2.45) is 0 Å². The lowest BCUT2D eigenvalue weighted by Crippen LogP contribution is -2.15. The second-order valence-corrected chi connectivity index (χ2v) is 4.91. The highest BCUT2D eigenvalue weighted by molar-refractivity contribution is 6.00. The quantitative estimate of drug-likeness (QED) is 0.627. The molecule has 0 amide bonds. The number of H-pyrrole nitrogens is 2. The van der Waals surface area contributed by atoms with E-state index in [0.717, 1.165) is 0 Å². The van der Waals surface area contributed by atoms with Crippen LogP contribution in [0.4, 0.5) is 0 Å². The molecule has 0 aliphatic carbocycles. The highest BCUT2D eigenvalue weighted by Gasteiger charge is 2.25. The molecule has 2 aromatic rings. The molecule has 0 saturated carbocycles. The molecule has 122 valence electrons. The number of methoxy groups -OCH3 is 1. The zero-order valence-electron chi connectivity index (χ0n) is 13.2. The smallest absolute Gasteiger partial charge is 0.355 e. The number of aromatic nitrogens is 2. The molecule has 0 fully saturated rings. The predicted octanol–water partition coefficient (Wildman–Crippen LogP) is 2.04. The van der Waals surface area contributed by atoms with Crippen LogP contribution in [0.5, 0.6) is 0 Å². The molecule has 0 atom stereocenters. The average Bonchev–Trinajstić information content (AvgIpc) is 3.19. The van der Waals surface area contributed by atoms with Gasteiger partial charge in [-0.05, 0) is 31.0 Å². The first kappa shape index (κ1) is 16.5. The van der Waals surface area contributed by atoms with Gasteiger partial charge >= 0.3 is 11.9 Å². The van der Waals surface area contributed by atoms with Gasteiger partial charge < -0.3 is 19.4 Å². The topological polar surface area (TPSA) is 101 Å². The maximum atomic E-state index is 12.2. The van der Waals surface area contributed by atoms with E-state index in [4.69, 9.17) is 9.47 Å². The fourth-order valence-electron chi connectivity index (χ4n) is 2.29. The van der Waals surface area contributed by atoms with E-state index in [-0.39, 0.29) is 18.1 Å². The SMILES string of the molecule is CCc1[nH]c(C(=O)OCC(=O)c2ccc[nH]2)c(C)c1C(=O)OC. The van der Waals surface area contributed by atoms with Gasteiger partial charge in [0.05, 0.1) is 18.4 Å². The number of ketones is 1. The number of nitrogens with one attached hydrogen (secondary N) is 2. The Kier molecular flexibility index (Phi) is 5.00. The van der Waals surface area contributed by atoms with Crippen LogP contribution in [0.1, 0.15) is 49.5 Å². The van der Waals surface area contributed by atoms with Crippen molar-refractivity contribution >= 4 is 17.7 Å². The minimum atomic E-state index is -0.688. The lowest BCUT2D eigenvalue weighted by atomic mass is 10.1. The van der Waals surface area contributed by atoms with Crippen molar-refractivity contribution in [3.63, 3.8) is 0 Å². The largest absolute Gasteiger partial charge is 0.465 e. The Labute approximate surface area is 133 Å². The summed E-state index contributed by atoms with van der Waals surface area (Å²) >= 11 is 0. The molecule has 7 heteroatoms. The number of Topliss-reactive ketones (excluding diaryl/α,β-unsaturated/α-hetero) is 1. The molecular formula is C16H18N2O5. The van der Waals surface area contributed by atoms with Crippen molar-refractivity contribution in [3.8, 4) is 0 Å². The second-order valence-electron chi connectivity index (χ2n) is 4.91. The molecule has 0 saturated heterocycles. The fourth-order valence-corrected chi connectivity index (χ4v) is 2.29. The van der Waals surface area contributed by atoms with Crippen LogP contribution >= 0.6 is 0 Å². The molecule has 2 rings (SSSR count). The van der Waals surface area contributed by atoms with Gasteiger partial charge in [0.1, 0.15) is 5.69 Å². The van der Waals surface area contributed by atoms with Crippen LogP contribution in [-0.4, -0.2) is 41.4 Å². The Morgan fingerprint density at radius 3 is 2.52 bits per heavy atom. The Hall–Kier alpha value is -2.83. The summed E-state index contributed by atoms with van der Waals surface area (Å²) in [4.78, 5) is 41.4. The third-order valence-corrected chi connectivity index (χ3v) is 3.51. The maximum Gasteiger partial charge on any atom is 0.355 e. The molecule has 2 aromatic heterocycles. The minimum absolute atomic E-state index is 0.154. The van der Waals surface area contributed by atoms with Gasteiger partial charge in [0, 0.05) is 11.9 Å². The van der Waals surface area contributed by atoms with E-state index in [1.807, 2.05) is 6.92 Å². The van der Waals surface area contributed by atoms with Gasteiger partial charge in [-0.2, -0.15) is 0 Å². The van der Waals surface area contributed by atoms with Crippen molar-refractivity contribution in [2.45, 2.75) is 20.3 Å². The summed E-state index contributed by atoms with van der Waals surface area (Å²) in [5.74, 6) is -1.54. The summed E-state index contributed by atoms with van der Waals surface area (Å²) in [6, 6.07) is 3.28. The lowest BCUT2D eigenvalue weighted by Gasteiger charge is -2.03.